The molecule has 106 valence electrons. The molecule has 0 amide bonds. The molecule has 2 heterocycles. The number of H-pyrrole nitrogens is 1. The molecule has 0 aliphatic rings. The van der Waals surface area contributed by atoms with Crippen LogP contribution in [-0.2, 0) is 0 Å². The number of aromatic amines is 1. The second-order valence-electron chi connectivity index (χ2n) is 4.28. The van der Waals surface area contributed by atoms with Gasteiger partial charge in [-0.05, 0) is 24.4 Å². The lowest BCUT2D eigenvalue weighted by molar-refractivity contribution is 0.953. The van der Waals surface area contributed by atoms with Crippen molar-refractivity contribution < 1.29 is 0 Å². The maximum atomic E-state index is 5.76. The molecule has 0 fully saturated rings. The van der Waals surface area contributed by atoms with Gasteiger partial charge in [-0.1, -0.05) is 29.5 Å². The first-order valence-corrected chi connectivity index (χ1v) is 7.38. The predicted octanol–water partition coefficient (Wildman–Crippen LogP) is 2.65. The summed E-state index contributed by atoms with van der Waals surface area (Å²) in [6.45, 7) is 0. The number of thioether (sulfide) groups is 1. The van der Waals surface area contributed by atoms with Crippen molar-refractivity contribution in [3.63, 3.8) is 0 Å². The molecule has 0 aliphatic carbocycles. The van der Waals surface area contributed by atoms with Gasteiger partial charge in [0, 0.05) is 16.3 Å². The second-order valence-corrected chi connectivity index (χ2v) is 5.34. The minimum Gasteiger partial charge on any atom is -0.384 e. The quantitative estimate of drug-likeness (QED) is 0.627. The zero-order chi connectivity index (χ0) is 14.5. The normalized spacial score (nSPS) is 11.2. The summed E-state index contributed by atoms with van der Waals surface area (Å²) in [5, 5.41) is 13.7. The van der Waals surface area contributed by atoms with Crippen LogP contribution in [0.25, 0.3) is 11.2 Å². The Labute approximate surface area is 125 Å². The van der Waals surface area contributed by atoms with Gasteiger partial charge in [-0.2, -0.15) is 0 Å². The van der Waals surface area contributed by atoms with Gasteiger partial charge in [0.2, 0.25) is 0 Å². The van der Waals surface area contributed by atoms with Crippen molar-refractivity contribution in [1.82, 2.24) is 20.4 Å². The first kappa shape index (κ1) is 13.4. The summed E-state index contributed by atoms with van der Waals surface area (Å²) < 4.78 is 0. The van der Waals surface area contributed by atoms with Gasteiger partial charge in [-0.15, -0.1) is 16.9 Å². The molecule has 0 atom stereocenters. The summed E-state index contributed by atoms with van der Waals surface area (Å²) in [5.41, 5.74) is 8.18. The fourth-order valence-electron chi connectivity index (χ4n) is 1.82. The van der Waals surface area contributed by atoms with Crippen molar-refractivity contribution in [3.05, 3.63) is 48.7 Å². The lowest BCUT2D eigenvalue weighted by Crippen LogP contribution is -1.92. The fourth-order valence-corrected chi connectivity index (χ4v) is 2.67. The van der Waals surface area contributed by atoms with Crippen LogP contribution < -0.4 is 11.1 Å². The molecule has 21 heavy (non-hydrogen) atoms. The number of nitrogens with two attached hydrogens (primary N) is 1. The molecule has 7 heteroatoms. The second kappa shape index (κ2) is 6.27. The summed E-state index contributed by atoms with van der Waals surface area (Å²) in [5.74, 6) is 1.26. The van der Waals surface area contributed by atoms with Crippen molar-refractivity contribution in [1.29, 1.82) is 0 Å². The third-order valence-corrected chi connectivity index (χ3v) is 3.74. The van der Waals surface area contributed by atoms with E-state index in [1.807, 2.05) is 48.7 Å². The van der Waals surface area contributed by atoms with Crippen molar-refractivity contribution in [2.24, 2.45) is 0 Å². The van der Waals surface area contributed by atoms with Crippen LogP contribution in [0.3, 0.4) is 0 Å². The van der Waals surface area contributed by atoms with E-state index >= 15 is 0 Å². The minimum absolute atomic E-state index is 0.461. The molecule has 0 radical (unpaired) electrons. The number of nitrogens with one attached hydrogen (secondary N) is 2. The summed E-state index contributed by atoms with van der Waals surface area (Å²) in [7, 11) is 0. The van der Waals surface area contributed by atoms with Crippen molar-refractivity contribution in [2.45, 2.75) is 4.90 Å². The molecule has 1 aromatic carbocycles. The molecule has 0 spiro atoms. The van der Waals surface area contributed by atoms with E-state index in [0.717, 1.165) is 21.9 Å². The number of anilines is 2. The predicted molar refractivity (Wildman–Crippen MR) is 86.0 cm³/mol. The molecule has 2 aromatic heterocycles. The minimum atomic E-state index is 0.461. The standard InChI is InChI=1S/C14H14N6S/c15-12-9-11(13-14(17-12)19-20-18-13)21-8-4-7-16-10-5-2-1-3-6-10/h1-7,9,16H,8H2,(H3,15,17,18,19,20)/b7-4+. The molecule has 0 unspecified atom stereocenters. The molecule has 3 rings (SSSR count). The van der Waals surface area contributed by atoms with Crippen LogP contribution in [0.5, 0.6) is 0 Å². The van der Waals surface area contributed by atoms with Crippen LogP contribution in [0, 0.1) is 0 Å². The summed E-state index contributed by atoms with van der Waals surface area (Å²) >= 11 is 1.63. The molecule has 0 bridgehead atoms. The Morgan fingerprint density at radius 3 is 3.00 bits per heavy atom. The highest BCUT2D eigenvalue weighted by atomic mass is 32.2. The van der Waals surface area contributed by atoms with Gasteiger partial charge in [-0.25, -0.2) is 10.1 Å². The van der Waals surface area contributed by atoms with E-state index in [-0.39, 0.29) is 0 Å². The lowest BCUT2D eigenvalue weighted by atomic mass is 10.3. The van der Waals surface area contributed by atoms with Crippen LogP contribution in [-0.4, -0.2) is 26.1 Å². The van der Waals surface area contributed by atoms with Gasteiger partial charge >= 0.3 is 0 Å². The molecule has 0 saturated heterocycles. The van der Waals surface area contributed by atoms with Crippen LogP contribution in [0.1, 0.15) is 0 Å². The Balaban J connectivity index is 1.60. The maximum Gasteiger partial charge on any atom is 0.179 e. The van der Waals surface area contributed by atoms with E-state index in [9.17, 15) is 0 Å². The molecule has 0 aliphatic heterocycles. The van der Waals surface area contributed by atoms with Gasteiger partial charge in [0.25, 0.3) is 0 Å². The molecule has 0 saturated carbocycles. The first-order valence-electron chi connectivity index (χ1n) is 6.39. The average molecular weight is 298 g/mol. The Kier molecular flexibility index (Phi) is 4.02. The average Bonchev–Trinajstić information content (AvgIpc) is 2.96. The maximum absolute atomic E-state index is 5.76. The van der Waals surface area contributed by atoms with Crippen molar-refractivity contribution in [2.75, 3.05) is 16.8 Å². The van der Waals surface area contributed by atoms with E-state index < -0.39 is 0 Å². The van der Waals surface area contributed by atoms with Gasteiger partial charge < -0.3 is 11.1 Å². The number of hydrogen-bond donors (Lipinski definition) is 3. The highest BCUT2D eigenvalue weighted by Gasteiger charge is 2.07. The topological polar surface area (TPSA) is 92.5 Å². The van der Waals surface area contributed by atoms with Crippen LogP contribution >= 0.6 is 11.8 Å². The number of nitrogen functional groups attached to an aromatic ring is 1. The third-order valence-electron chi connectivity index (χ3n) is 2.76. The number of para-hydroxylation sites is 1. The van der Waals surface area contributed by atoms with Gasteiger partial charge in [0.1, 0.15) is 11.3 Å². The Hall–Kier alpha value is -2.54. The van der Waals surface area contributed by atoms with Crippen molar-refractivity contribution in [3.8, 4) is 0 Å². The largest absolute Gasteiger partial charge is 0.384 e. The molecule has 4 N–H and O–H groups in total. The number of pyridine rings is 1. The van der Waals surface area contributed by atoms with E-state index in [4.69, 9.17) is 5.73 Å². The van der Waals surface area contributed by atoms with Crippen LogP contribution in [0.2, 0.25) is 0 Å². The summed E-state index contributed by atoms with van der Waals surface area (Å²) in [6, 6.07) is 11.8. The molecule has 3 aromatic rings. The highest BCUT2D eigenvalue weighted by Crippen LogP contribution is 2.26. The van der Waals surface area contributed by atoms with Crippen molar-refractivity contribution >= 4 is 34.4 Å². The fraction of sp³-hybridized carbons (Fsp3) is 0.0714. The number of fused-ring (bicyclic) bond motifs is 1. The zero-order valence-corrected chi connectivity index (χ0v) is 12.0. The summed E-state index contributed by atoms with van der Waals surface area (Å²) in [6.07, 6.45) is 3.97. The summed E-state index contributed by atoms with van der Waals surface area (Å²) in [4.78, 5) is 5.10. The van der Waals surface area contributed by atoms with E-state index in [0.29, 0.717) is 11.5 Å². The van der Waals surface area contributed by atoms with Gasteiger partial charge in [0.05, 0.1) is 0 Å². The molecule has 6 nitrogen and oxygen atoms in total. The monoisotopic (exact) mass is 298 g/mol. The lowest BCUT2D eigenvalue weighted by Gasteiger charge is -2.01. The SMILES string of the molecule is Nc1cc(SC/C=C/Nc2ccccc2)c2nn[nH]c2n1. The smallest absolute Gasteiger partial charge is 0.179 e. The number of aromatic nitrogens is 4. The van der Waals surface area contributed by atoms with E-state index in [2.05, 4.69) is 25.7 Å². The molecular formula is C14H14N6S. The Morgan fingerprint density at radius 2 is 2.14 bits per heavy atom. The number of nitrogens with zero attached hydrogens (tertiary/aromatic N) is 3. The zero-order valence-electron chi connectivity index (χ0n) is 11.2. The first-order chi connectivity index (χ1) is 10.3. The third kappa shape index (κ3) is 3.32. The Bertz CT molecular complexity index is 753. The van der Waals surface area contributed by atoms with Crippen LogP contribution in [0.15, 0.2) is 53.6 Å². The molecular weight excluding hydrogens is 284 g/mol. The number of benzene rings is 1. The van der Waals surface area contributed by atoms with Gasteiger partial charge in [0.15, 0.2) is 5.65 Å². The van der Waals surface area contributed by atoms with Crippen LogP contribution in [0.4, 0.5) is 11.5 Å². The Morgan fingerprint density at radius 1 is 1.29 bits per heavy atom. The van der Waals surface area contributed by atoms with E-state index in [1.165, 1.54) is 0 Å². The van der Waals surface area contributed by atoms with Gasteiger partial charge in [-0.3, -0.25) is 0 Å². The van der Waals surface area contributed by atoms with E-state index in [1.54, 1.807) is 11.8 Å². The number of rotatable bonds is 5. The highest BCUT2D eigenvalue weighted by molar-refractivity contribution is 7.99. The number of hydrogen-bond acceptors (Lipinski definition) is 6.